The molecule has 1 heterocycles. The molecule has 23 heavy (non-hydrogen) atoms. The minimum Gasteiger partial charge on any atom is -0.317 e. The Labute approximate surface area is 138 Å². The lowest BCUT2D eigenvalue weighted by atomic mass is 9.99. The maximum atomic E-state index is 12.8. The largest absolute Gasteiger partial charge is 0.322 e. The zero-order valence-corrected chi connectivity index (χ0v) is 13.7. The van der Waals surface area contributed by atoms with Crippen LogP contribution in [0.25, 0.3) is 0 Å². The third-order valence-electron chi connectivity index (χ3n) is 4.47. The van der Waals surface area contributed by atoms with E-state index < -0.39 is 0 Å². The van der Waals surface area contributed by atoms with E-state index in [0.717, 1.165) is 25.1 Å². The lowest BCUT2D eigenvalue weighted by Gasteiger charge is -2.30. The quantitative estimate of drug-likeness (QED) is 0.818. The number of aryl methyl sites for hydroxylation is 1. The zero-order chi connectivity index (χ0) is 16.1. The standard InChI is InChI=1S/C20H24N2O/c1-16-9-8-10-17(15-16)19-13-6-3-7-14-22(19)20(23)21-18-11-4-2-5-12-18/h2,4-5,8-12,15,19H,3,6-7,13-14H2,1H3,(H,21,23). The fourth-order valence-electron chi connectivity index (χ4n) is 3.29. The molecular formula is C20H24N2O. The summed E-state index contributed by atoms with van der Waals surface area (Å²) in [5.74, 6) is 0. The van der Waals surface area contributed by atoms with Gasteiger partial charge in [-0.05, 0) is 37.5 Å². The summed E-state index contributed by atoms with van der Waals surface area (Å²) in [7, 11) is 0. The van der Waals surface area contributed by atoms with Crippen LogP contribution in [0.3, 0.4) is 0 Å². The Morgan fingerprint density at radius 3 is 2.65 bits per heavy atom. The van der Waals surface area contributed by atoms with Crippen LogP contribution in [0.2, 0.25) is 0 Å². The van der Waals surface area contributed by atoms with E-state index in [9.17, 15) is 4.79 Å². The van der Waals surface area contributed by atoms with Crippen molar-refractivity contribution in [3.05, 3.63) is 65.7 Å². The smallest absolute Gasteiger partial charge is 0.317 e. The number of amides is 2. The summed E-state index contributed by atoms with van der Waals surface area (Å²) < 4.78 is 0. The van der Waals surface area contributed by atoms with Crippen molar-refractivity contribution in [2.45, 2.75) is 38.6 Å². The molecule has 3 rings (SSSR count). The highest BCUT2D eigenvalue weighted by atomic mass is 16.2. The molecule has 0 bridgehead atoms. The average molecular weight is 308 g/mol. The summed E-state index contributed by atoms with van der Waals surface area (Å²) in [6, 6.07) is 18.4. The molecule has 2 aromatic carbocycles. The highest BCUT2D eigenvalue weighted by molar-refractivity contribution is 5.89. The Hall–Kier alpha value is -2.29. The lowest BCUT2D eigenvalue weighted by Crippen LogP contribution is -2.38. The molecule has 120 valence electrons. The van der Waals surface area contributed by atoms with Crippen molar-refractivity contribution in [3.8, 4) is 0 Å². The lowest BCUT2D eigenvalue weighted by molar-refractivity contribution is 0.189. The van der Waals surface area contributed by atoms with Gasteiger partial charge < -0.3 is 10.2 Å². The van der Waals surface area contributed by atoms with Gasteiger partial charge in [0, 0.05) is 12.2 Å². The second-order valence-corrected chi connectivity index (χ2v) is 6.27. The second kappa shape index (κ2) is 7.32. The molecule has 1 N–H and O–H groups in total. The van der Waals surface area contributed by atoms with E-state index in [1.807, 2.05) is 35.2 Å². The van der Waals surface area contributed by atoms with Crippen LogP contribution >= 0.6 is 0 Å². The fourth-order valence-corrected chi connectivity index (χ4v) is 3.29. The summed E-state index contributed by atoms with van der Waals surface area (Å²) in [5, 5.41) is 3.04. The molecule has 1 atom stereocenters. The minimum atomic E-state index is 0.00426. The summed E-state index contributed by atoms with van der Waals surface area (Å²) in [5.41, 5.74) is 3.34. The summed E-state index contributed by atoms with van der Waals surface area (Å²) in [6.07, 6.45) is 4.47. The Balaban J connectivity index is 1.82. The van der Waals surface area contributed by atoms with Gasteiger partial charge in [0.25, 0.3) is 0 Å². The summed E-state index contributed by atoms with van der Waals surface area (Å²) >= 11 is 0. The molecule has 0 aromatic heterocycles. The third-order valence-corrected chi connectivity index (χ3v) is 4.47. The molecule has 2 amide bonds. The van der Waals surface area contributed by atoms with Crippen molar-refractivity contribution in [2.24, 2.45) is 0 Å². The van der Waals surface area contributed by atoms with Crippen LogP contribution in [-0.4, -0.2) is 17.5 Å². The van der Waals surface area contributed by atoms with Gasteiger partial charge in [0.1, 0.15) is 0 Å². The first kappa shape index (κ1) is 15.6. The number of urea groups is 1. The highest BCUT2D eigenvalue weighted by Crippen LogP contribution is 2.31. The van der Waals surface area contributed by atoms with Crippen molar-refractivity contribution >= 4 is 11.7 Å². The third kappa shape index (κ3) is 3.92. The molecule has 1 aliphatic heterocycles. The fraction of sp³-hybridized carbons (Fsp3) is 0.350. The Morgan fingerprint density at radius 2 is 1.87 bits per heavy atom. The van der Waals surface area contributed by atoms with Crippen LogP contribution in [0, 0.1) is 6.92 Å². The molecule has 0 spiro atoms. The van der Waals surface area contributed by atoms with Crippen LogP contribution in [0.5, 0.6) is 0 Å². The number of likely N-dealkylation sites (tertiary alicyclic amines) is 1. The second-order valence-electron chi connectivity index (χ2n) is 6.27. The van der Waals surface area contributed by atoms with E-state index >= 15 is 0 Å². The SMILES string of the molecule is Cc1cccc(C2CCCCCN2C(=O)Nc2ccccc2)c1. The predicted octanol–water partition coefficient (Wildman–Crippen LogP) is 5.14. The number of benzene rings is 2. The van der Waals surface area contributed by atoms with Crippen molar-refractivity contribution in [2.75, 3.05) is 11.9 Å². The zero-order valence-electron chi connectivity index (χ0n) is 13.7. The number of hydrogen-bond acceptors (Lipinski definition) is 1. The molecule has 0 radical (unpaired) electrons. The normalized spacial score (nSPS) is 18.3. The van der Waals surface area contributed by atoms with E-state index in [4.69, 9.17) is 0 Å². The van der Waals surface area contributed by atoms with E-state index in [1.54, 1.807) is 0 Å². The van der Waals surface area contributed by atoms with Crippen LogP contribution < -0.4 is 5.32 Å². The van der Waals surface area contributed by atoms with Gasteiger partial charge in [-0.3, -0.25) is 0 Å². The minimum absolute atomic E-state index is 0.00426. The van der Waals surface area contributed by atoms with E-state index in [0.29, 0.717) is 0 Å². The number of nitrogens with zero attached hydrogens (tertiary/aromatic N) is 1. The highest BCUT2D eigenvalue weighted by Gasteiger charge is 2.26. The van der Waals surface area contributed by atoms with E-state index in [-0.39, 0.29) is 12.1 Å². The first-order valence-electron chi connectivity index (χ1n) is 8.43. The van der Waals surface area contributed by atoms with Gasteiger partial charge in [0.05, 0.1) is 6.04 Å². The van der Waals surface area contributed by atoms with Gasteiger partial charge in [-0.2, -0.15) is 0 Å². The molecule has 1 aliphatic rings. The van der Waals surface area contributed by atoms with Gasteiger partial charge in [-0.1, -0.05) is 60.9 Å². The molecule has 2 aromatic rings. The number of hydrogen-bond donors (Lipinski definition) is 1. The summed E-state index contributed by atoms with van der Waals surface area (Å²) in [4.78, 5) is 14.8. The van der Waals surface area contributed by atoms with Gasteiger partial charge in [-0.25, -0.2) is 4.79 Å². The summed E-state index contributed by atoms with van der Waals surface area (Å²) in [6.45, 7) is 2.92. The van der Waals surface area contributed by atoms with Crippen molar-refractivity contribution in [1.29, 1.82) is 0 Å². The van der Waals surface area contributed by atoms with E-state index in [2.05, 4.69) is 36.5 Å². The molecule has 1 fully saturated rings. The van der Waals surface area contributed by atoms with Crippen LogP contribution in [-0.2, 0) is 0 Å². The number of carbonyl (C=O) groups is 1. The topological polar surface area (TPSA) is 32.3 Å². The van der Waals surface area contributed by atoms with Gasteiger partial charge >= 0.3 is 6.03 Å². The maximum absolute atomic E-state index is 12.8. The molecule has 0 saturated carbocycles. The van der Waals surface area contributed by atoms with Crippen LogP contribution in [0.1, 0.15) is 42.9 Å². The predicted molar refractivity (Wildman–Crippen MR) is 94.6 cm³/mol. The Bertz CT molecular complexity index is 654. The number of anilines is 1. The number of carbonyl (C=O) groups excluding carboxylic acids is 1. The molecule has 3 heteroatoms. The maximum Gasteiger partial charge on any atom is 0.322 e. The number of rotatable bonds is 2. The Morgan fingerprint density at radius 1 is 1.04 bits per heavy atom. The van der Waals surface area contributed by atoms with E-state index in [1.165, 1.54) is 24.0 Å². The first-order chi connectivity index (χ1) is 11.2. The number of para-hydroxylation sites is 1. The number of nitrogens with one attached hydrogen (secondary N) is 1. The van der Waals surface area contributed by atoms with Gasteiger partial charge in [0.2, 0.25) is 0 Å². The molecular weight excluding hydrogens is 284 g/mol. The average Bonchev–Trinajstić information content (AvgIpc) is 2.82. The first-order valence-corrected chi connectivity index (χ1v) is 8.43. The van der Waals surface area contributed by atoms with Gasteiger partial charge in [0.15, 0.2) is 0 Å². The Kier molecular flexibility index (Phi) is 4.96. The monoisotopic (exact) mass is 308 g/mol. The van der Waals surface area contributed by atoms with Crippen molar-refractivity contribution in [1.82, 2.24) is 4.90 Å². The molecule has 1 unspecified atom stereocenters. The van der Waals surface area contributed by atoms with Crippen molar-refractivity contribution in [3.63, 3.8) is 0 Å². The van der Waals surface area contributed by atoms with Crippen LogP contribution in [0.4, 0.5) is 10.5 Å². The molecule has 1 saturated heterocycles. The molecule has 3 nitrogen and oxygen atoms in total. The van der Waals surface area contributed by atoms with Crippen molar-refractivity contribution < 1.29 is 4.79 Å². The molecule has 0 aliphatic carbocycles. The van der Waals surface area contributed by atoms with Gasteiger partial charge in [-0.15, -0.1) is 0 Å². The van der Waals surface area contributed by atoms with Crippen LogP contribution in [0.15, 0.2) is 54.6 Å².